The van der Waals surface area contributed by atoms with Gasteiger partial charge in [0, 0.05) is 17.5 Å². The summed E-state index contributed by atoms with van der Waals surface area (Å²) >= 11 is 0. The second-order valence-corrected chi connectivity index (χ2v) is 6.60. The summed E-state index contributed by atoms with van der Waals surface area (Å²) in [7, 11) is 0. The van der Waals surface area contributed by atoms with Gasteiger partial charge in [-0.1, -0.05) is 30.3 Å². The Morgan fingerprint density at radius 3 is 2.55 bits per heavy atom. The zero-order valence-electron chi connectivity index (χ0n) is 15.8. The Kier molecular flexibility index (Phi) is 5.12. The molecular weight excluding hydrogens is 368 g/mol. The molecule has 3 aromatic carbocycles. The molecule has 5 nitrogen and oxygen atoms in total. The van der Waals surface area contributed by atoms with Gasteiger partial charge in [-0.25, -0.2) is 9.59 Å². The van der Waals surface area contributed by atoms with Crippen LogP contribution in [0.3, 0.4) is 0 Å². The molecule has 0 N–H and O–H groups in total. The molecule has 1 aromatic heterocycles. The Bertz CT molecular complexity index is 1220. The first-order valence-corrected chi connectivity index (χ1v) is 9.12. The summed E-state index contributed by atoms with van der Waals surface area (Å²) in [5, 5.41) is 0.864. The Labute approximate surface area is 167 Å². The minimum atomic E-state index is -0.430. The van der Waals surface area contributed by atoms with Gasteiger partial charge in [-0.15, -0.1) is 0 Å². The van der Waals surface area contributed by atoms with Gasteiger partial charge in [-0.05, 0) is 54.4 Å². The van der Waals surface area contributed by atoms with Crippen LogP contribution in [0.5, 0.6) is 11.5 Å². The van der Waals surface area contributed by atoms with Crippen LogP contribution >= 0.6 is 0 Å². The number of aryl methyl sites for hydroxylation is 1. The molecule has 29 heavy (non-hydrogen) atoms. The molecule has 0 atom stereocenters. The van der Waals surface area contributed by atoms with E-state index in [1.54, 1.807) is 48.5 Å². The predicted octanol–water partition coefficient (Wildman–Crippen LogP) is 4.90. The van der Waals surface area contributed by atoms with Crippen LogP contribution < -0.4 is 15.1 Å². The Balaban J connectivity index is 1.48. The number of fused-ring (bicyclic) bond motifs is 1. The van der Waals surface area contributed by atoms with E-state index in [2.05, 4.69) is 0 Å². The lowest BCUT2D eigenvalue weighted by Crippen LogP contribution is -2.09. The van der Waals surface area contributed by atoms with E-state index in [0.29, 0.717) is 22.6 Å². The van der Waals surface area contributed by atoms with E-state index in [0.717, 1.165) is 16.5 Å². The third kappa shape index (κ3) is 4.35. The van der Waals surface area contributed by atoms with Crippen molar-refractivity contribution in [1.82, 2.24) is 0 Å². The minimum Gasteiger partial charge on any atom is -0.489 e. The summed E-state index contributed by atoms with van der Waals surface area (Å²) < 4.78 is 16.4. The zero-order chi connectivity index (χ0) is 20.2. The second kappa shape index (κ2) is 8.02. The topological polar surface area (TPSA) is 65.7 Å². The molecule has 0 radical (unpaired) electrons. The summed E-state index contributed by atoms with van der Waals surface area (Å²) in [6.45, 7) is 2.12. The first-order valence-electron chi connectivity index (χ1n) is 9.12. The van der Waals surface area contributed by atoms with Crippen molar-refractivity contribution in [1.29, 1.82) is 0 Å². The molecule has 1 heterocycles. The average molecular weight is 386 g/mol. The number of esters is 1. The number of para-hydroxylation sites is 1. The number of rotatable bonds is 5. The van der Waals surface area contributed by atoms with Gasteiger partial charge in [0.15, 0.2) is 0 Å². The average Bonchev–Trinajstić information content (AvgIpc) is 2.73. The molecule has 0 fully saturated rings. The summed E-state index contributed by atoms with van der Waals surface area (Å²) in [5.41, 5.74) is 2.20. The summed E-state index contributed by atoms with van der Waals surface area (Å²) in [6.07, 6.45) is 0. The van der Waals surface area contributed by atoms with E-state index in [4.69, 9.17) is 13.9 Å². The smallest absolute Gasteiger partial charge is 0.343 e. The molecule has 0 saturated heterocycles. The van der Waals surface area contributed by atoms with Crippen molar-refractivity contribution in [3.63, 3.8) is 0 Å². The number of benzene rings is 3. The fraction of sp³-hybridized carbons (Fsp3) is 0.0833. The lowest BCUT2D eigenvalue weighted by Gasteiger charge is -2.09. The largest absolute Gasteiger partial charge is 0.489 e. The van der Waals surface area contributed by atoms with Crippen molar-refractivity contribution in [3.8, 4) is 11.5 Å². The highest BCUT2D eigenvalue weighted by atomic mass is 16.5. The molecule has 0 aliphatic heterocycles. The number of ether oxygens (including phenoxy) is 2. The summed E-state index contributed by atoms with van der Waals surface area (Å²) in [5.74, 6) is 0.636. The standard InChI is InChI=1S/C24H18O5/c1-16-12-23(25)29-22-14-20(10-11-21(16)22)27-15-17-6-5-7-18(13-17)24(26)28-19-8-3-2-4-9-19/h2-14H,15H2,1H3. The van der Waals surface area contributed by atoms with E-state index in [-0.39, 0.29) is 6.61 Å². The maximum Gasteiger partial charge on any atom is 0.343 e. The van der Waals surface area contributed by atoms with Crippen LogP contribution in [0.15, 0.2) is 88.1 Å². The van der Waals surface area contributed by atoms with Crippen LogP contribution in [0.1, 0.15) is 21.5 Å². The van der Waals surface area contributed by atoms with Crippen LogP contribution in [0.4, 0.5) is 0 Å². The Hall–Kier alpha value is -3.86. The predicted molar refractivity (Wildman–Crippen MR) is 109 cm³/mol. The van der Waals surface area contributed by atoms with Gasteiger partial charge in [0.25, 0.3) is 0 Å². The molecule has 0 aliphatic carbocycles. The molecule has 144 valence electrons. The monoisotopic (exact) mass is 386 g/mol. The fourth-order valence-electron chi connectivity index (χ4n) is 3.00. The number of hydrogen-bond donors (Lipinski definition) is 0. The van der Waals surface area contributed by atoms with Gasteiger partial charge in [0.1, 0.15) is 23.7 Å². The normalized spacial score (nSPS) is 10.7. The van der Waals surface area contributed by atoms with E-state index < -0.39 is 11.6 Å². The van der Waals surface area contributed by atoms with Crippen LogP contribution in [0.25, 0.3) is 11.0 Å². The molecule has 4 rings (SSSR count). The highest BCUT2D eigenvalue weighted by Gasteiger charge is 2.10. The molecule has 0 unspecified atom stereocenters. The SMILES string of the molecule is Cc1cc(=O)oc2cc(OCc3cccc(C(=O)Oc4ccccc4)c3)ccc12. The van der Waals surface area contributed by atoms with Crippen LogP contribution in [-0.2, 0) is 6.61 Å². The van der Waals surface area contributed by atoms with E-state index >= 15 is 0 Å². The molecule has 0 saturated carbocycles. The van der Waals surface area contributed by atoms with Crippen molar-refractivity contribution >= 4 is 16.9 Å². The zero-order valence-corrected chi connectivity index (χ0v) is 15.8. The van der Waals surface area contributed by atoms with Gasteiger partial charge >= 0.3 is 11.6 Å². The maximum atomic E-state index is 12.3. The Morgan fingerprint density at radius 1 is 0.897 bits per heavy atom. The highest BCUT2D eigenvalue weighted by Crippen LogP contribution is 2.23. The molecular formula is C24H18O5. The van der Waals surface area contributed by atoms with Crippen molar-refractivity contribution < 1.29 is 18.7 Å². The lowest BCUT2D eigenvalue weighted by molar-refractivity contribution is 0.0734. The number of carbonyl (C=O) groups is 1. The fourth-order valence-corrected chi connectivity index (χ4v) is 3.00. The third-order valence-corrected chi connectivity index (χ3v) is 4.44. The summed E-state index contributed by atoms with van der Waals surface area (Å²) in [6, 6.07) is 22.8. The molecule has 0 aliphatic rings. The molecule has 0 bridgehead atoms. The van der Waals surface area contributed by atoms with E-state index in [1.807, 2.05) is 31.2 Å². The quantitative estimate of drug-likeness (QED) is 0.277. The van der Waals surface area contributed by atoms with Gasteiger partial charge in [-0.2, -0.15) is 0 Å². The molecule has 0 amide bonds. The molecule has 5 heteroatoms. The van der Waals surface area contributed by atoms with Crippen molar-refractivity contribution in [2.24, 2.45) is 0 Å². The lowest BCUT2D eigenvalue weighted by atomic mass is 10.1. The van der Waals surface area contributed by atoms with Gasteiger partial charge in [-0.3, -0.25) is 0 Å². The molecule has 4 aromatic rings. The van der Waals surface area contributed by atoms with Crippen LogP contribution in [0, 0.1) is 6.92 Å². The van der Waals surface area contributed by atoms with Crippen molar-refractivity contribution in [3.05, 3.63) is 106 Å². The van der Waals surface area contributed by atoms with E-state index in [1.165, 1.54) is 6.07 Å². The van der Waals surface area contributed by atoms with Crippen molar-refractivity contribution in [2.75, 3.05) is 0 Å². The third-order valence-electron chi connectivity index (χ3n) is 4.44. The summed E-state index contributed by atoms with van der Waals surface area (Å²) in [4.78, 5) is 23.9. The number of carbonyl (C=O) groups excluding carboxylic acids is 1. The van der Waals surface area contributed by atoms with Crippen LogP contribution in [-0.4, -0.2) is 5.97 Å². The van der Waals surface area contributed by atoms with Gasteiger partial charge in [0.05, 0.1) is 5.56 Å². The van der Waals surface area contributed by atoms with E-state index in [9.17, 15) is 9.59 Å². The molecule has 0 spiro atoms. The highest BCUT2D eigenvalue weighted by molar-refractivity contribution is 5.91. The minimum absolute atomic E-state index is 0.258. The van der Waals surface area contributed by atoms with Gasteiger partial charge < -0.3 is 13.9 Å². The second-order valence-electron chi connectivity index (χ2n) is 6.60. The first-order chi connectivity index (χ1) is 14.1. The Morgan fingerprint density at radius 2 is 1.72 bits per heavy atom. The van der Waals surface area contributed by atoms with Crippen LogP contribution in [0.2, 0.25) is 0 Å². The van der Waals surface area contributed by atoms with Gasteiger partial charge in [0.2, 0.25) is 0 Å². The number of hydrogen-bond acceptors (Lipinski definition) is 5. The van der Waals surface area contributed by atoms with Crippen molar-refractivity contribution in [2.45, 2.75) is 13.5 Å². The first kappa shape index (κ1) is 18.5. The maximum absolute atomic E-state index is 12.3.